The predicted molar refractivity (Wildman–Crippen MR) is 203 cm³/mol. The molecule has 0 aliphatic rings. The maximum Gasteiger partial charge on any atom is 0.143 e. The van der Waals surface area contributed by atoms with Crippen LogP contribution in [-0.2, 0) is 0 Å². The van der Waals surface area contributed by atoms with Crippen LogP contribution in [0.1, 0.15) is 0 Å². The van der Waals surface area contributed by atoms with Crippen LogP contribution in [0, 0.1) is 0 Å². The average molecular weight is 610 g/mol. The molecule has 0 atom stereocenters. The summed E-state index contributed by atoms with van der Waals surface area (Å²) >= 11 is 0. The van der Waals surface area contributed by atoms with E-state index in [1.165, 1.54) is 70.9 Å². The minimum Gasteiger partial charge on any atom is -0.455 e. The smallest absolute Gasteiger partial charge is 0.143 e. The van der Waals surface area contributed by atoms with E-state index in [0.29, 0.717) is 0 Å². The summed E-state index contributed by atoms with van der Waals surface area (Å²) in [7, 11) is 0. The molecular formula is C46H27NO. The van der Waals surface area contributed by atoms with Gasteiger partial charge in [0.2, 0.25) is 0 Å². The molecule has 222 valence electrons. The van der Waals surface area contributed by atoms with Gasteiger partial charge in [0, 0.05) is 32.7 Å². The molecule has 0 fully saturated rings. The van der Waals surface area contributed by atoms with E-state index >= 15 is 0 Å². The van der Waals surface area contributed by atoms with E-state index in [0.717, 1.165) is 33.1 Å². The Balaban J connectivity index is 1.17. The largest absolute Gasteiger partial charge is 0.455 e. The van der Waals surface area contributed by atoms with E-state index in [2.05, 4.69) is 156 Å². The number of aromatic nitrogens is 1. The zero-order valence-corrected chi connectivity index (χ0v) is 25.9. The number of para-hydroxylation sites is 4. The molecule has 0 aliphatic heterocycles. The minimum atomic E-state index is 0.918. The molecule has 0 saturated carbocycles. The Morgan fingerprint density at radius 1 is 0.375 bits per heavy atom. The van der Waals surface area contributed by atoms with Crippen LogP contribution < -0.4 is 0 Å². The van der Waals surface area contributed by atoms with E-state index in [-0.39, 0.29) is 0 Å². The van der Waals surface area contributed by atoms with Gasteiger partial charge in [-0.25, -0.2) is 0 Å². The fraction of sp³-hybridized carbons (Fsp3) is 0. The Hall–Kier alpha value is -6.38. The fourth-order valence-electron chi connectivity index (χ4n) is 8.24. The van der Waals surface area contributed by atoms with Gasteiger partial charge in [0.15, 0.2) is 0 Å². The normalized spacial score (nSPS) is 12.2. The molecule has 0 amide bonds. The van der Waals surface area contributed by atoms with Crippen molar-refractivity contribution in [3.63, 3.8) is 0 Å². The maximum absolute atomic E-state index is 6.45. The second-order valence-corrected chi connectivity index (χ2v) is 12.9. The summed E-state index contributed by atoms with van der Waals surface area (Å²) in [5, 5.41) is 12.6. The van der Waals surface area contributed by atoms with Gasteiger partial charge in [-0.05, 0) is 73.8 Å². The third kappa shape index (κ3) is 3.46. The van der Waals surface area contributed by atoms with Gasteiger partial charge in [-0.3, -0.25) is 0 Å². The molecule has 0 aliphatic carbocycles. The molecule has 0 saturated heterocycles. The summed E-state index contributed by atoms with van der Waals surface area (Å²) in [5.74, 6) is 0. The lowest BCUT2D eigenvalue weighted by molar-refractivity contribution is 0.670. The second-order valence-electron chi connectivity index (χ2n) is 12.9. The van der Waals surface area contributed by atoms with Crippen molar-refractivity contribution in [3.8, 4) is 27.9 Å². The van der Waals surface area contributed by atoms with Crippen molar-refractivity contribution in [2.75, 3.05) is 0 Å². The lowest BCUT2D eigenvalue weighted by Crippen LogP contribution is -1.97. The summed E-state index contributed by atoms with van der Waals surface area (Å²) in [6.07, 6.45) is 0. The molecule has 2 nitrogen and oxygen atoms in total. The van der Waals surface area contributed by atoms with Gasteiger partial charge in [0.25, 0.3) is 0 Å². The van der Waals surface area contributed by atoms with Crippen LogP contribution in [-0.4, -0.2) is 4.57 Å². The summed E-state index contributed by atoms with van der Waals surface area (Å²) in [6.45, 7) is 0. The molecule has 2 heteroatoms. The van der Waals surface area contributed by atoms with Gasteiger partial charge < -0.3 is 8.98 Å². The average Bonchev–Trinajstić information content (AvgIpc) is 3.69. The summed E-state index contributed by atoms with van der Waals surface area (Å²) in [6, 6.07) is 59.6. The highest BCUT2D eigenvalue weighted by Crippen LogP contribution is 2.43. The third-order valence-corrected chi connectivity index (χ3v) is 10.4. The van der Waals surface area contributed by atoms with Crippen molar-refractivity contribution in [1.82, 2.24) is 4.57 Å². The Kier molecular flexibility index (Phi) is 5.14. The number of benzene rings is 9. The molecule has 0 radical (unpaired) electrons. The van der Waals surface area contributed by atoms with Crippen LogP contribution in [0.5, 0.6) is 0 Å². The van der Waals surface area contributed by atoms with Gasteiger partial charge in [0.1, 0.15) is 11.2 Å². The van der Waals surface area contributed by atoms with E-state index in [9.17, 15) is 0 Å². The van der Waals surface area contributed by atoms with Gasteiger partial charge in [-0.1, -0.05) is 133 Å². The number of fused-ring (bicyclic) bond motifs is 6. The molecule has 11 aromatic rings. The lowest BCUT2D eigenvalue weighted by atomic mass is 9.89. The molecule has 0 spiro atoms. The first-order valence-electron chi connectivity index (χ1n) is 16.5. The second kappa shape index (κ2) is 9.57. The van der Waals surface area contributed by atoms with Crippen molar-refractivity contribution >= 4 is 76.1 Å². The molecule has 0 unspecified atom stereocenters. The zero-order chi connectivity index (χ0) is 31.3. The van der Waals surface area contributed by atoms with Gasteiger partial charge >= 0.3 is 0 Å². The number of rotatable bonds is 3. The highest BCUT2D eigenvalue weighted by atomic mass is 16.3. The van der Waals surface area contributed by atoms with E-state index in [1.54, 1.807) is 0 Å². The summed E-state index contributed by atoms with van der Waals surface area (Å²) in [4.78, 5) is 0. The van der Waals surface area contributed by atoms with Gasteiger partial charge in [0.05, 0.1) is 16.7 Å². The standard InChI is InChI=1S/C46H27NO/c1-4-16-40(34(11-1)33-24-21-30-20-19-28-9-7-10-29-22-25-37(33)45(30)44(28)29)47-41-17-5-2-12-35(41)39-27-31(23-26-42(39)47)32-14-8-15-38-36-13-3-6-18-43(36)48-46(32)38/h1-27H. The Morgan fingerprint density at radius 3 is 1.96 bits per heavy atom. The number of nitrogens with zero attached hydrogens (tertiary/aromatic N) is 1. The first kappa shape index (κ1) is 25.8. The quantitative estimate of drug-likeness (QED) is 0.182. The predicted octanol–water partition coefficient (Wildman–Crippen LogP) is 12.9. The van der Waals surface area contributed by atoms with Gasteiger partial charge in [-0.15, -0.1) is 0 Å². The summed E-state index contributed by atoms with van der Waals surface area (Å²) in [5.41, 5.74) is 10.1. The molecule has 2 aromatic heterocycles. The van der Waals surface area contributed by atoms with Crippen molar-refractivity contribution in [2.45, 2.75) is 0 Å². The molecule has 0 N–H and O–H groups in total. The van der Waals surface area contributed by atoms with E-state index < -0.39 is 0 Å². The van der Waals surface area contributed by atoms with Crippen LogP contribution in [0.4, 0.5) is 0 Å². The SMILES string of the molecule is c1ccc(-n2c3ccccc3c3cc(-c4cccc5c4oc4ccccc45)ccc32)c(-c2ccc3ccc4cccc5ccc2c3c45)c1. The Labute approximate surface area is 276 Å². The topological polar surface area (TPSA) is 18.1 Å². The maximum atomic E-state index is 6.45. The van der Waals surface area contributed by atoms with Crippen LogP contribution in [0.25, 0.3) is 104 Å². The fourth-order valence-corrected chi connectivity index (χ4v) is 8.24. The van der Waals surface area contributed by atoms with Crippen molar-refractivity contribution < 1.29 is 4.42 Å². The number of hydrogen-bond donors (Lipinski definition) is 0. The van der Waals surface area contributed by atoms with Crippen LogP contribution in [0.15, 0.2) is 168 Å². The Morgan fingerprint density at radius 2 is 1.04 bits per heavy atom. The lowest BCUT2D eigenvalue weighted by Gasteiger charge is -2.18. The zero-order valence-electron chi connectivity index (χ0n) is 25.9. The van der Waals surface area contributed by atoms with Crippen LogP contribution >= 0.6 is 0 Å². The van der Waals surface area contributed by atoms with Crippen molar-refractivity contribution in [1.29, 1.82) is 0 Å². The monoisotopic (exact) mass is 609 g/mol. The number of hydrogen-bond acceptors (Lipinski definition) is 1. The first-order valence-corrected chi connectivity index (χ1v) is 16.5. The van der Waals surface area contributed by atoms with Crippen LogP contribution in [0.2, 0.25) is 0 Å². The van der Waals surface area contributed by atoms with Crippen molar-refractivity contribution in [2.24, 2.45) is 0 Å². The molecular weight excluding hydrogens is 583 g/mol. The molecule has 2 heterocycles. The Bertz CT molecular complexity index is 3050. The highest BCUT2D eigenvalue weighted by Gasteiger charge is 2.19. The summed E-state index contributed by atoms with van der Waals surface area (Å²) < 4.78 is 8.90. The number of furan rings is 1. The molecule has 48 heavy (non-hydrogen) atoms. The molecule has 11 rings (SSSR count). The van der Waals surface area contributed by atoms with E-state index in [1.807, 2.05) is 12.1 Å². The minimum absolute atomic E-state index is 0.918. The van der Waals surface area contributed by atoms with Gasteiger partial charge in [-0.2, -0.15) is 0 Å². The first-order chi connectivity index (χ1) is 23.8. The third-order valence-electron chi connectivity index (χ3n) is 10.4. The van der Waals surface area contributed by atoms with Crippen molar-refractivity contribution in [3.05, 3.63) is 164 Å². The highest BCUT2D eigenvalue weighted by molar-refractivity contribution is 6.26. The van der Waals surface area contributed by atoms with E-state index in [4.69, 9.17) is 4.42 Å². The molecule has 0 bridgehead atoms. The van der Waals surface area contributed by atoms with Crippen LogP contribution in [0.3, 0.4) is 0 Å². The molecule has 9 aromatic carbocycles.